The second kappa shape index (κ2) is 14.9. The maximum Gasteiger partial charge on any atom is 0.262 e. The normalized spacial score (nSPS) is 29.6. The van der Waals surface area contributed by atoms with E-state index in [-0.39, 0.29) is 24.5 Å². The van der Waals surface area contributed by atoms with Gasteiger partial charge in [-0.05, 0) is 86.4 Å². The second-order valence-electron chi connectivity index (χ2n) is 16.5. The highest BCUT2D eigenvalue weighted by molar-refractivity contribution is 6.23. The summed E-state index contributed by atoms with van der Waals surface area (Å²) in [6, 6.07) is 12.0. The van der Waals surface area contributed by atoms with Crippen molar-refractivity contribution in [3.63, 3.8) is 0 Å². The Balaban J connectivity index is 0.000000169. The number of piperazine rings is 1. The second-order valence-corrected chi connectivity index (χ2v) is 16.5. The van der Waals surface area contributed by atoms with Crippen LogP contribution in [0.1, 0.15) is 58.9 Å². The molecule has 4 amide bonds. The topological polar surface area (TPSA) is 181 Å². The summed E-state index contributed by atoms with van der Waals surface area (Å²) in [4.78, 5) is 60.4. The fourth-order valence-corrected chi connectivity index (χ4v) is 9.41. The van der Waals surface area contributed by atoms with Crippen LogP contribution in [0.15, 0.2) is 60.1 Å². The molecule has 14 nitrogen and oxygen atoms in total. The highest BCUT2D eigenvalue weighted by atomic mass is 16.3. The van der Waals surface area contributed by atoms with Gasteiger partial charge in [-0.2, -0.15) is 0 Å². The summed E-state index contributed by atoms with van der Waals surface area (Å²) in [7, 11) is 2.13. The molecule has 4 saturated heterocycles. The molecule has 7 aliphatic rings. The number of nitrogens with zero attached hydrogens (tertiary/aromatic N) is 5. The molecule has 5 fully saturated rings. The van der Waals surface area contributed by atoms with Gasteiger partial charge in [0.05, 0.1) is 22.9 Å². The van der Waals surface area contributed by atoms with E-state index < -0.39 is 23.8 Å². The fourth-order valence-electron chi connectivity index (χ4n) is 9.41. The number of aromatic hydroxyl groups is 1. The predicted molar refractivity (Wildman–Crippen MR) is 208 cm³/mol. The van der Waals surface area contributed by atoms with E-state index in [1.807, 2.05) is 24.3 Å². The Hall–Kier alpha value is -5.08. The van der Waals surface area contributed by atoms with Gasteiger partial charge in [0, 0.05) is 82.3 Å². The Morgan fingerprint density at radius 1 is 0.945 bits per heavy atom. The highest BCUT2D eigenvalue weighted by Crippen LogP contribution is 2.45. The van der Waals surface area contributed by atoms with E-state index in [2.05, 4.69) is 44.2 Å². The number of anilines is 1. The van der Waals surface area contributed by atoms with E-state index in [9.17, 15) is 24.3 Å². The monoisotopic (exact) mass is 751 g/mol. The first-order chi connectivity index (χ1) is 26.4. The SMILES string of the molecule is CC1CN(c2ccc3c(c2)C(=O)N(C2CCC(=O)NC2=O)C3=O)CCC1CN1CC2CC2C1.CN1CCN2C(/C=C(\N)c3ccccc3O)=C(N)NCC2C1. The van der Waals surface area contributed by atoms with Crippen molar-refractivity contribution < 1.29 is 24.3 Å². The summed E-state index contributed by atoms with van der Waals surface area (Å²) < 4.78 is 0. The lowest BCUT2D eigenvalue weighted by Gasteiger charge is -2.45. The average molecular weight is 752 g/mol. The minimum atomic E-state index is -0.925. The van der Waals surface area contributed by atoms with Crippen molar-refractivity contribution in [1.82, 2.24) is 30.2 Å². The lowest BCUT2D eigenvalue weighted by Crippen LogP contribution is -2.58. The van der Waals surface area contributed by atoms with Gasteiger partial charge in [0.2, 0.25) is 11.8 Å². The van der Waals surface area contributed by atoms with Crippen LogP contribution in [0, 0.1) is 23.7 Å². The van der Waals surface area contributed by atoms with Crippen LogP contribution in [0.25, 0.3) is 5.70 Å². The molecule has 6 atom stereocenters. The molecule has 55 heavy (non-hydrogen) atoms. The van der Waals surface area contributed by atoms with Crippen LogP contribution in [0.3, 0.4) is 0 Å². The Bertz CT molecular complexity index is 1940. The van der Waals surface area contributed by atoms with Crippen LogP contribution in [0.5, 0.6) is 5.75 Å². The summed E-state index contributed by atoms with van der Waals surface area (Å²) in [5.74, 6) is 2.16. The van der Waals surface area contributed by atoms with Gasteiger partial charge in [-0.15, -0.1) is 0 Å². The van der Waals surface area contributed by atoms with E-state index in [1.54, 1.807) is 24.3 Å². The molecule has 1 saturated carbocycles. The molecule has 0 radical (unpaired) electrons. The number of phenolic OH excluding ortho intramolecular Hbond substituents is 1. The summed E-state index contributed by atoms with van der Waals surface area (Å²) in [6.45, 7) is 11.7. The van der Waals surface area contributed by atoms with E-state index in [0.717, 1.165) is 73.8 Å². The molecule has 2 aromatic carbocycles. The molecule has 6 heterocycles. The molecule has 292 valence electrons. The summed E-state index contributed by atoms with van der Waals surface area (Å²) >= 11 is 0. The largest absolute Gasteiger partial charge is 0.507 e. The van der Waals surface area contributed by atoms with Crippen LogP contribution in [0.2, 0.25) is 0 Å². The van der Waals surface area contributed by atoms with Gasteiger partial charge in [0.25, 0.3) is 11.8 Å². The molecule has 2 aromatic rings. The minimum absolute atomic E-state index is 0.126. The average Bonchev–Trinajstić information content (AvgIpc) is 3.70. The molecule has 6 unspecified atom stereocenters. The number of amides is 4. The number of likely N-dealkylation sites (tertiary alicyclic amines) is 1. The quantitative estimate of drug-likeness (QED) is 0.269. The number of imide groups is 2. The number of allylic oxidation sites excluding steroid dienone is 1. The zero-order chi connectivity index (χ0) is 38.5. The third-order valence-corrected chi connectivity index (χ3v) is 12.7. The van der Waals surface area contributed by atoms with E-state index in [1.165, 1.54) is 26.1 Å². The fraction of sp³-hybridized carbons (Fsp3) is 0.512. The number of piperidine rings is 3. The zero-order valence-electron chi connectivity index (χ0n) is 31.7. The molecular weight excluding hydrogens is 699 g/mol. The van der Waals surface area contributed by atoms with Crippen molar-refractivity contribution in [2.45, 2.75) is 44.7 Å². The molecule has 9 rings (SSSR count). The first-order valence-corrected chi connectivity index (χ1v) is 19.7. The zero-order valence-corrected chi connectivity index (χ0v) is 31.7. The molecule has 7 N–H and O–H groups in total. The Labute approximate surface area is 322 Å². The smallest absolute Gasteiger partial charge is 0.262 e. The number of benzene rings is 2. The molecule has 6 aliphatic heterocycles. The molecule has 1 aliphatic carbocycles. The number of para-hydroxylation sites is 1. The molecule has 14 heteroatoms. The third-order valence-electron chi connectivity index (χ3n) is 12.7. The van der Waals surface area contributed by atoms with Crippen LogP contribution < -0.4 is 27.0 Å². The van der Waals surface area contributed by atoms with Gasteiger partial charge < -0.3 is 41.5 Å². The number of nitrogens with one attached hydrogen (secondary N) is 2. The van der Waals surface area contributed by atoms with Crippen LogP contribution >= 0.6 is 0 Å². The Morgan fingerprint density at radius 3 is 2.45 bits per heavy atom. The van der Waals surface area contributed by atoms with Crippen molar-refractivity contribution >= 4 is 35.0 Å². The first kappa shape index (κ1) is 36.9. The van der Waals surface area contributed by atoms with E-state index in [0.29, 0.717) is 46.1 Å². The van der Waals surface area contributed by atoms with Crippen LogP contribution in [0.4, 0.5) is 5.69 Å². The number of hydrogen-bond donors (Lipinski definition) is 5. The Morgan fingerprint density at radius 2 is 1.71 bits per heavy atom. The van der Waals surface area contributed by atoms with Gasteiger partial charge >= 0.3 is 0 Å². The van der Waals surface area contributed by atoms with Gasteiger partial charge in [-0.3, -0.25) is 29.4 Å². The number of carbonyl (C=O) groups excluding carboxylic acids is 4. The number of nitrogens with two attached hydrogens (primary N) is 2. The van der Waals surface area contributed by atoms with Crippen LogP contribution in [-0.4, -0.2) is 126 Å². The third kappa shape index (κ3) is 7.37. The van der Waals surface area contributed by atoms with Crippen LogP contribution in [-0.2, 0) is 9.59 Å². The summed E-state index contributed by atoms with van der Waals surface area (Å²) in [6.07, 6.45) is 4.71. The standard InChI is InChI=1S/C25H30N4O4.C16H23N5O/c1-14-10-28(7-6-15(14)11-27-12-16-8-17(16)13-27)18-2-3-19-20(9-18)25(33)29(24(19)32)21-4-5-22(30)26-23(21)31;1-20-6-7-21-11(10-20)9-19-16(18)14(21)8-13(17)12-4-2-3-5-15(12)22/h2-3,9,14-17,21H,4-8,10-13H2,1H3,(H,26,30,31);2-5,8,11,19,22H,6-7,9-10,17-18H2,1H3/b;13-8-. The lowest BCUT2D eigenvalue weighted by atomic mass is 9.86. The lowest BCUT2D eigenvalue weighted by molar-refractivity contribution is -0.136. The maximum atomic E-state index is 13.1. The highest BCUT2D eigenvalue weighted by Gasteiger charge is 2.46. The first-order valence-electron chi connectivity index (χ1n) is 19.7. The number of fused-ring (bicyclic) bond motifs is 3. The van der Waals surface area contributed by atoms with Crippen molar-refractivity contribution in [2.75, 3.05) is 70.9 Å². The van der Waals surface area contributed by atoms with Crippen molar-refractivity contribution in [3.05, 3.63) is 76.7 Å². The van der Waals surface area contributed by atoms with E-state index >= 15 is 0 Å². The molecular formula is C41H53N9O5. The number of rotatable bonds is 6. The molecule has 0 spiro atoms. The number of hydrogen-bond acceptors (Lipinski definition) is 12. The number of carbonyl (C=O) groups is 4. The predicted octanol–water partition coefficient (Wildman–Crippen LogP) is 1.54. The summed E-state index contributed by atoms with van der Waals surface area (Å²) in [5, 5.41) is 15.4. The number of phenols is 1. The van der Waals surface area contributed by atoms with Crippen molar-refractivity contribution in [2.24, 2.45) is 35.1 Å². The van der Waals surface area contributed by atoms with Crippen molar-refractivity contribution in [3.8, 4) is 5.75 Å². The molecule has 0 aromatic heterocycles. The van der Waals surface area contributed by atoms with Gasteiger partial charge in [-0.1, -0.05) is 19.1 Å². The number of likely N-dealkylation sites (N-methyl/N-ethyl adjacent to an activating group) is 1. The molecule has 0 bridgehead atoms. The van der Waals surface area contributed by atoms with Crippen molar-refractivity contribution in [1.29, 1.82) is 0 Å². The minimum Gasteiger partial charge on any atom is -0.507 e. The Kier molecular flexibility index (Phi) is 9.97. The van der Waals surface area contributed by atoms with Gasteiger partial charge in [0.1, 0.15) is 17.6 Å². The maximum absolute atomic E-state index is 13.1. The van der Waals surface area contributed by atoms with Gasteiger partial charge in [0.15, 0.2) is 0 Å². The summed E-state index contributed by atoms with van der Waals surface area (Å²) in [5.41, 5.74) is 16.0. The van der Waals surface area contributed by atoms with E-state index in [4.69, 9.17) is 11.5 Å². The van der Waals surface area contributed by atoms with Gasteiger partial charge in [-0.25, -0.2) is 0 Å².